The standard InChI is InChI=1S/C15H22N2O2S/c18-15(10-16-9-13-3-1-2-7-19-13)17-6-4-14-12(11-17)5-8-20-14/h5,8,13,16H,1-4,6-7,9-11H2. The normalized spacial score (nSPS) is 22.6. The molecule has 0 radical (unpaired) electrons. The first-order valence-corrected chi connectivity index (χ1v) is 8.36. The van der Waals surface area contributed by atoms with Crippen LogP contribution in [-0.4, -0.2) is 43.2 Å². The van der Waals surface area contributed by atoms with Gasteiger partial charge in [0.2, 0.25) is 5.91 Å². The van der Waals surface area contributed by atoms with Crippen molar-refractivity contribution >= 4 is 17.2 Å². The molecule has 3 heterocycles. The Kier molecular flexibility index (Phi) is 4.70. The van der Waals surface area contributed by atoms with E-state index in [0.717, 1.165) is 39.1 Å². The molecule has 4 nitrogen and oxygen atoms in total. The SMILES string of the molecule is O=C(CNCC1CCCCO1)N1CCc2sccc2C1. The fourth-order valence-corrected chi connectivity index (χ4v) is 3.77. The van der Waals surface area contributed by atoms with Crippen molar-refractivity contribution in [2.45, 2.75) is 38.3 Å². The molecule has 20 heavy (non-hydrogen) atoms. The number of carbonyl (C=O) groups excluding carboxylic acids is 1. The quantitative estimate of drug-likeness (QED) is 0.920. The smallest absolute Gasteiger partial charge is 0.236 e. The lowest BCUT2D eigenvalue weighted by Gasteiger charge is -2.28. The Balaban J connectivity index is 1.41. The van der Waals surface area contributed by atoms with Crippen LogP contribution in [0.2, 0.25) is 0 Å². The number of fused-ring (bicyclic) bond motifs is 1. The van der Waals surface area contributed by atoms with Crippen LogP contribution in [0.25, 0.3) is 0 Å². The van der Waals surface area contributed by atoms with Gasteiger partial charge < -0.3 is 15.0 Å². The molecule has 1 N–H and O–H groups in total. The van der Waals surface area contributed by atoms with Crippen LogP contribution in [0.15, 0.2) is 11.4 Å². The molecule has 2 aliphatic rings. The Morgan fingerprint density at radius 1 is 1.50 bits per heavy atom. The minimum Gasteiger partial charge on any atom is -0.377 e. The predicted octanol–water partition coefficient (Wildman–Crippen LogP) is 1.79. The van der Waals surface area contributed by atoms with Crippen LogP contribution >= 0.6 is 11.3 Å². The molecule has 110 valence electrons. The zero-order chi connectivity index (χ0) is 13.8. The summed E-state index contributed by atoms with van der Waals surface area (Å²) in [6, 6.07) is 2.14. The summed E-state index contributed by atoms with van der Waals surface area (Å²) in [5.74, 6) is 0.206. The Morgan fingerprint density at radius 2 is 2.45 bits per heavy atom. The largest absolute Gasteiger partial charge is 0.377 e. The van der Waals surface area contributed by atoms with Crippen molar-refractivity contribution in [3.63, 3.8) is 0 Å². The van der Waals surface area contributed by atoms with Crippen LogP contribution in [0.5, 0.6) is 0 Å². The third-order valence-electron chi connectivity index (χ3n) is 4.08. The lowest BCUT2D eigenvalue weighted by Crippen LogP contribution is -2.43. The molecule has 1 aromatic rings. The van der Waals surface area contributed by atoms with E-state index in [-0.39, 0.29) is 5.91 Å². The summed E-state index contributed by atoms with van der Waals surface area (Å²) in [5, 5.41) is 5.38. The number of nitrogens with zero attached hydrogens (tertiary/aromatic N) is 1. The van der Waals surface area contributed by atoms with Crippen molar-refractivity contribution < 1.29 is 9.53 Å². The van der Waals surface area contributed by atoms with E-state index in [4.69, 9.17) is 4.74 Å². The first-order valence-electron chi connectivity index (χ1n) is 7.48. The van der Waals surface area contributed by atoms with Gasteiger partial charge in [-0.15, -0.1) is 11.3 Å². The van der Waals surface area contributed by atoms with Crippen molar-refractivity contribution in [2.75, 3.05) is 26.2 Å². The van der Waals surface area contributed by atoms with E-state index >= 15 is 0 Å². The van der Waals surface area contributed by atoms with Crippen LogP contribution in [-0.2, 0) is 22.5 Å². The molecule has 1 fully saturated rings. The van der Waals surface area contributed by atoms with E-state index in [1.807, 2.05) is 4.90 Å². The lowest BCUT2D eigenvalue weighted by molar-refractivity contribution is -0.131. The van der Waals surface area contributed by atoms with E-state index < -0.39 is 0 Å². The highest BCUT2D eigenvalue weighted by molar-refractivity contribution is 7.10. The predicted molar refractivity (Wildman–Crippen MR) is 79.9 cm³/mol. The number of amides is 1. The van der Waals surface area contributed by atoms with Gasteiger partial charge in [0.05, 0.1) is 12.6 Å². The number of rotatable bonds is 4. The molecule has 3 rings (SSSR count). The lowest BCUT2D eigenvalue weighted by atomic mass is 10.1. The first kappa shape index (κ1) is 14.0. The molecule has 0 aromatic carbocycles. The number of nitrogens with one attached hydrogen (secondary N) is 1. The second-order valence-corrected chi connectivity index (χ2v) is 6.55. The minimum atomic E-state index is 0.206. The van der Waals surface area contributed by atoms with E-state index in [9.17, 15) is 4.79 Å². The maximum atomic E-state index is 12.2. The molecular formula is C15H22N2O2S. The topological polar surface area (TPSA) is 41.6 Å². The van der Waals surface area contributed by atoms with Gasteiger partial charge in [0, 0.05) is 31.1 Å². The van der Waals surface area contributed by atoms with Gasteiger partial charge in [-0.3, -0.25) is 4.79 Å². The minimum absolute atomic E-state index is 0.206. The highest BCUT2D eigenvalue weighted by Gasteiger charge is 2.21. The summed E-state index contributed by atoms with van der Waals surface area (Å²) in [5.41, 5.74) is 1.32. The average Bonchev–Trinajstić information content (AvgIpc) is 2.95. The number of ether oxygens (including phenoxy) is 1. The van der Waals surface area contributed by atoms with Gasteiger partial charge in [-0.25, -0.2) is 0 Å². The van der Waals surface area contributed by atoms with Gasteiger partial charge in [0.25, 0.3) is 0 Å². The van der Waals surface area contributed by atoms with Crippen molar-refractivity contribution in [1.29, 1.82) is 0 Å². The van der Waals surface area contributed by atoms with Crippen LogP contribution < -0.4 is 5.32 Å². The number of hydrogen-bond donors (Lipinski definition) is 1. The molecule has 0 spiro atoms. The number of hydrogen-bond acceptors (Lipinski definition) is 4. The summed E-state index contributed by atoms with van der Waals surface area (Å²) in [7, 11) is 0. The summed E-state index contributed by atoms with van der Waals surface area (Å²) in [4.78, 5) is 15.6. The molecular weight excluding hydrogens is 272 g/mol. The van der Waals surface area contributed by atoms with Gasteiger partial charge >= 0.3 is 0 Å². The van der Waals surface area contributed by atoms with Gasteiger partial charge in [0.1, 0.15) is 0 Å². The molecule has 2 aliphatic heterocycles. The third kappa shape index (κ3) is 3.40. The molecule has 0 saturated carbocycles. The zero-order valence-corrected chi connectivity index (χ0v) is 12.6. The second-order valence-electron chi connectivity index (χ2n) is 5.55. The fraction of sp³-hybridized carbons (Fsp3) is 0.667. The van der Waals surface area contributed by atoms with Crippen LogP contribution in [0.4, 0.5) is 0 Å². The fourth-order valence-electron chi connectivity index (χ4n) is 2.88. The van der Waals surface area contributed by atoms with Gasteiger partial charge in [-0.1, -0.05) is 0 Å². The van der Waals surface area contributed by atoms with Crippen molar-refractivity contribution in [3.8, 4) is 0 Å². The Morgan fingerprint density at radius 3 is 3.30 bits per heavy atom. The van der Waals surface area contributed by atoms with E-state index in [0.29, 0.717) is 12.6 Å². The monoisotopic (exact) mass is 294 g/mol. The van der Waals surface area contributed by atoms with Crippen molar-refractivity contribution in [3.05, 3.63) is 21.9 Å². The molecule has 1 atom stereocenters. The summed E-state index contributed by atoms with van der Waals surface area (Å²) in [6.07, 6.45) is 4.83. The molecule has 1 unspecified atom stereocenters. The summed E-state index contributed by atoms with van der Waals surface area (Å²) in [6.45, 7) is 3.73. The molecule has 5 heteroatoms. The molecule has 0 bridgehead atoms. The van der Waals surface area contributed by atoms with Crippen LogP contribution in [0.1, 0.15) is 29.7 Å². The molecule has 1 amide bonds. The molecule has 1 saturated heterocycles. The van der Waals surface area contributed by atoms with E-state index in [2.05, 4.69) is 16.8 Å². The van der Waals surface area contributed by atoms with Crippen molar-refractivity contribution in [2.24, 2.45) is 0 Å². The Labute approximate surface area is 124 Å². The van der Waals surface area contributed by atoms with Crippen LogP contribution in [0, 0.1) is 0 Å². The summed E-state index contributed by atoms with van der Waals surface area (Å²) < 4.78 is 5.66. The molecule has 0 aliphatic carbocycles. The van der Waals surface area contributed by atoms with Crippen molar-refractivity contribution in [1.82, 2.24) is 10.2 Å². The Hall–Kier alpha value is -0.910. The van der Waals surface area contributed by atoms with Gasteiger partial charge in [-0.05, 0) is 42.7 Å². The zero-order valence-electron chi connectivity index (χ0n) is 11.8. The highest BCUT2D eigenvalue weighted by Crippen LogP contribution is 2.23. The number of carbonyl (C=O) groups is 1. The maximum absolute atomic E-state index is 12.2. The average molecular weight is 294 g/mol. The first-order chi connectivity index (χ1) is 9.83. The second kappa shape index (κ2) is 6.70. The Bertz CT molecular complexity index is 454. The van der Waals surface area contributed by atoms with E-state index in [1.54, 1.807) is 11.3 Å². The van der Waals surface area contributed by atoms with Gasteiger partial charge in [-0.2, -0.15) is 0 Å². The maximum Gasteiger partial charge on any atom is 0.236 e. The highest BCUT2D eigenvalue weighted by atomic mass is 32.1. The van der Waals surface area contributed by atoms with E-state index in [1.165, 1.54) is 23.3 Å². The summed E-state index contributed by atoms with van der Waals surface area (Å²) >= 11 is 1.81. The number of thiophene rings is 1. The molecule has 1 aromatic heterocycles. The third-order valence-corrected chi connectivity index (χ3v) is 5.11. The van der Waals surface area contributed by atoms with Gasteiger partial charge in [0.15, 0.2) is 0 Å². The van der Waals surface area contributed by atoms with Crippen LogP contribution in [0.3, 0.4) is 0 Å².